The predicted octanol–water partition coefficient (Wildman–Crippen LogP) is 3.66. The number of ether oxygens (including phenoxy) is 1. The normalized spacial score (nSPS) is 16.6. The molecule has 8 nitrogen and oxygen atoms in total. The van der Waals surface area contributed by atoms with E-state index in [9.17, 15) is 9.18 Å². The van der Waals surface area contributed by atoms with Crippen LogP contribution in [0.15, 0.2) is 35.0 Å². The molecule has 2 aromatic heterocycles. The lowest BCUT2D eigenvalue weighted by molar-refractivity contribution is 0.00254. The smallest absolute Gasteiger partial charge is 0.257 e. The van der Waals surface area contributed by atoms with Gasteiger partial charge in [0.15, 0.2) is 5.82 Å². The van der Waals surface area contributed by atoms with Gasteiger partial charge in [-0.15, -0.1) is 0 Å². The maximum Gasteiger partial charge on any atom is 0.257 e. The van der Waals surface area contributed by atoms with Crippen LogP contribution < -0.4 is 0 Å². The largest absolute Gasteiger partial charge is 0.376 e. The third kappa shape index (κ3) is 5.40. The lowest BCUT2D eigenvalue weighted by Gasteiger charge is -2.32. The van der Waals surface area contributed by atoms with Gasteiger partial charge in [0.1, 0.15) is 5.82 Å². The Morgan fingerprint density at radius 3 is 2.94 bits per heavy atom. The Hall–Kier alpha value is -3.07. The molecule has 1 N–H and O–H groups in total. The van der Waals surface area contributed by atoms with Crippen molar-refractivity contribution in [2.75, 3.05) is 19.7 Å². The molecule has 0 spiro atoms. The topological polar surface area (TPSA) is 97.1 Å². The van der Waals surface area contributed by atoms with E-state index >= 15 is 0 Å². The molecule has 1 amide bonds. The van der Waals surface area contributed by atoms with Gasteiger partial charge in [-0.1, -0.05) is 19.0 Å². The van der Waals surface area contributed by atoms with Crippen molar-refractivity contribution in [2.24, 2.45) is 5.92 Å². The fraction of sp³-hybridized carbons (Fsp3) is 0.478. The second-order valence-corrected chi connectivity index (χ2v) is 8.50. The van der Waals surface area contributed by atoms with Crippen molar-refractivity contribution in [3.05, 3.63) is 53.6 Å². The van der Waals surface area contributed by atoms with Gasteiger partial charge in [-0.2, -0.15) is 10.1 Å². The number of aromatic amines is 1. The predicted molar refractivity (Wildman–Crippen MR) is 115 cm³/mol. The summed E-state index contributed by atoms with van der Waals surface area (Å²) in [7, 11) is 0. The number of hydrogen-bond acceptors (Lipinski definition) is 6. The molecule has 3 aromatic rings. The first-order valence-electron chi connectivity index (χ1n) is 11.0. The van der Waals surface area contributed by atoms with Crippen molar-refractivity contribution in [1.29, 1.82) is 0 Å². The molecule has 9 heteroatoms. The molecule has 3 heterocycles. The molecule has 1 atom stereocenters. The summed E-state index contributed by atoms with van der Waals surface area (Å²) in [5.41, 5.74) is 1.78. The molecule has 1 aliphatic rings. The van der Waals surface area contributed by atoms with Crippen LogP contribution in [0.5, 0.6) is 0 Å². The Labute approximate surface area is 186 Å². The van der Waals surface area contributed by atoms with Gasteiger partial charge in [-0.3, -0.25) is 9.89 Å². The van der Waals surface area contributed by atoms with Crippen LogP contribution in [0.3, 0.4) is 0 Å². The number of aromatic nitrogens is 4. The number of nitrogens with zero attached hydrogens (tertiary/aromatic N) is 4. The Balaban J connectivity index is 1.32. The first-order chi connectivity index (χ1) is 15.5. The molecule has 1 fully saturated rings. The van der Waals surface area contributed by atoms with E-state index < -0.39 is 0 Å². The average molecular weight is 442 g/mol. The summed E-state index contributed by atoms with van der Waals surface area (Å²) in [4.78, 5) is 19.3. The Kier molecular flexibility index (Phi) is 6.94. The van der Waals surface area contributed by atoms with E-state index in [1.165, 1.54) is 18.3 Å². The molecule has 0 saturated carbocycles. The van der Waals surface area contributed by atoms with Crippen molar-refractivity contribution in [3.63, 3.8) is 0 Å². The summed E-state index contributed by atoms with van der Waals surface area (Å²) in [6, 6.07) is 5.99. The quantitative estimate of drug-likeness (QED) is 0.573. The number of benzene rings is 1. The third-order valence-electron chi connectivity index (χ3n) is 5.44. The highest BCUT2D eigenvalue weighted by Gasteiger charge is 2.27. The van der Waals surface area contributed by atoms with Gasteiger partial charge in [0.05, 0.1) is 30.2 Å². The van der Waals surface area contributed by atoms with Gasteiger partial charge in [0.25, 0.3) is 5.91 Å². The van der Waals surface area contributed by atoms with Gasteiger partial charge < -0.3 is 14.2 Å². The molecule has 170 valence electrons. The van der Waals surface area contributed by atoms with Crippen LogP contribution in [0.2, 0.25) is 0 Å². The monoisotopic (exact) mass is 441 g/mol. The SMILES string of the molecule is CC(C)Cc1nc(CCOC2CCCN(C(=O)c3cn[nH]c3-c3ccc(F)cc3)C2)no1. The van der Waals surface area contributed by atoms with Crippen LogP contribution >= 0.6 is 0 Å². The molecule has 32 heavy (non-hydrogen) atoms. The highest BCUT2D eigenvalue weighted by atomic mass is 19.1. The van der Waals surface area contributed by atoms with E-state index in [4.69, 9.17) is 9.26 Å². The third-order valence-corrected chi connectivity index (χ3v) is 5.44. The number of piperidine rings is 1. The zero-order chi connectivity index (χ0) is 22.5. The molecule has 1 saturated heterocycles. The summed E-state index contributed by atoms with van der Waals surface area (Å²) in [5, 5.41) is 10.9. The fourth-order valence-corrected chi connectivity index (χ4v) is 3.85. The maximum absolute atomic E-state index is 13.3. The lowest BCUT2D eigenvalue weighted by Crippen LogP contribution is -2.43. The maximum atomic E-state index is 13.3. The van der Waals surface area contributed by atoms with E-state index in [-0.39, 0.29) is 17.8 Å². The lowest BCUT2D eigenvalue weighted by atomic mass is 10.0. The molecule has 1 aromatic carbocycles. The van der Waals surface area contributed by atoms with E-state index in [0.717, 1.165) is 19.3 Å². The van der Waals surface area contributed by atoms with E-state index in [1.54, 1.807) is 17.0 Å². The first-order valence-corrected chi connectivity index (χ1v) is 11.0. The minimum Gasteiger partial charge on any atom is -0.376 e. The van der Waals surface area contributed by atoms with Gasteiger partial charge in [0, 0.05) is 31.5 Å². The molecule has 1 unspecified atom stereocenters. The Bertz CT molecular complexity index is 1030. The van der Waals surface area contributed by atoms with Gasteiger partial charge in [-0.05, 0) is 43.0 Å². The molecule has 0 aliphatic carbocycles. The summed E-state index contributed by atoms with van der Waals surface area (Å²) >= 11 is 0. The number of nitrogens with one attached hydrogen (secondary N) is 1. The summed E-state index contributed by atoms with van der Waals surface area (Å²) in [6.45, 7) is 5.86. The van der Waals surface area contributed by atoms with Crippen LogP contribution in [-0.4, -0.2) is 56.9 Å². The van der Waals surface area contributed by atoms with Crippen LogP contribution in [0.1, 0.15) is 48.8 Å². The average Bonchev–Trinajstić information content (AvgIpc) is 3.43. The summed E-state index contributed by atoms with van der Waals surface area (Å²) < 4.78 is 24.5. The second kappa shape index (κ2) is 10.0. The Morgan fingerprint density at radius 1 is 1.34 bits per heavy atom. The zero-order valence-corrected chi connectivity index (χ0v) is 18.4. The number of carbonyl (C=O) groups is 1. The molecular formula is C23H28FN5O3. The van der Waals surface area contributed by atoms with Crippen LogP contribution in [0.4, 0.5) is 4.39 Å². The van der Waals surface area contributed by atoms with Crippen LogP contribution in [-0.2, 0) is 17.6 Å². The number of likely N-dealkylation sites (tertiary alicyclic amines) is 1. The minimum atomic E-state index is -0.325. The minimum absolute atomic E-state index is 0.0455. The number of rotatable bonds is 8. The fourth-order valence-electron chi connectivity index (χ4n) is 3.85. The van der Waals surface area contributed by atoms with Crippen molar-refractivity contribution < 1.29 is 18.4 Å². The van der Waals surface area contributed by atoms with Gasteiger partial charge in [0.2, 0.25) is 5.89 Å². The van der Waals surface area contributed by atoms with E-state index in [2.05, 4.69) is 34.2 Å². The zero-order valence-electron chi connectivity index (χ0n) is 18.4. The highest BCUT2D eigenvalue weighted by molar-refractivity contribution is 5.99. The number of H-pyrrole nitrogens is 1. The van der Waals surface area contributed by atoms with E-state index in [1.807, 2.05) is 0 Å². The van der Waals surface area contributed by atoms with Crippen molar-refractivity contribution in [1.82, 2.24) is 25.2 Å². The molecule has 1 aliphatic heterocycles. The summed E-state index contributed by atoms with van der Waals surface area (Å²) in [5.74, 6) is 1.33. The molecule has 0 radical (unpaired) electrons. The molecule has 0 bridgehead atoms. The summed E-state index contributed by atoms with van der Waals surface area (Å²) in [6.07, 6.45) is 4.57. The number of amides is 1. The number of halogens is 1. The standard InChI is InChI=1S/C23H28FN5O3/c1-15(2)12-21-26-20(28-32-21)9-11-31-18-4-3-10-29(14-18)23(30)19-13-25-27-22(19)16-5-7-17(24)8-6-16/h5-8,13,15,18H,3-4,9-12,14H2,1-2H3,(H,25,27). The molecular weight excluding hydrogens is 413 g/mol. The highest BCUT2D eigenvalue weighted by Crippen LogP contribution is 2.24. The molecule has 4 rings (SSSR count). The van der Waals surface area contributed by atoms with Crippen molar-refractivity contribution in [3.8, 4) is 11.3 Å². The van der Waals surface area contributed by atoms with Gasteiger partial charge in [-0.25, -0.2) is 4.39 Å². The first kappa shape index (κ1) is 22.1. The number of carbonyl (C=O) groups excluding carboxylic acids is 1. The number of hydrogen-bond donors (Lipinski definition) is 1. The van der Waals surface area contributed by atoms with Crippen molar-refractivity contribution in [2.45, 2.75) is 45.6 Å². The van der Waals surface area contributed by atoms with Crippen LogP contribution in [0, 0.1) is 11.7 Å². The van der Waals surface area contributed by atoms with E-state index in [0.29, 0.717) is 60.6 Å². The van der Waals surface area contributed by atoms with Crippen molar-refractivity contribution >= 4 is 5.91 Å². The Morgan fingerprint density at radius 2 is 2.16 bits per heavy atom. The van der Waals surface area contributed by atoms with Crippen LogP contribution in [0.25, 0.3) is 11.3 Å². The second-order valence-electron chi connectivity index (χ2n) is 8.50. The van der Waals surface area contributed by atoms with Gasteiger partial charge >= 0.3 is 0 Å².